The van der Waals surface area contributed by atoms with E-state index in [4.69, 9.17) is 4.74 Å². The molecule has 0 saturated heterocycles. The molecule has 2 aromatic heterocycles. The number of fused-ring (bicyclic) bond motifs is 1. The predicted molar refractivity (Wildman–Crippen MR) is 72.2 cm³/mol. The number of pyridine rings is 2. The molecule has 2 rings (SSSR count). The summed E-state index contributed by atoms with van der Waals surface area (Å²) in [6.07, 6.45) is 0.964. The lowest BCUT2D eigenvalue weighted by atomic mass is 10.2. The Bertz CT molecular complexity index is 671. The summed E-state index contributed by atoms with van der Waals surface area (Å²) >= 11 is 0. The van der Waals surface area contributed by atoms with Gasteiger partial charge in [0.2, 0.25) is 0 Å². The van der Waals surface area contributed by atoms with Crippen molar-refractivity contribution >= 4 is 22.8 Å². The first-order chi connectivity index (χ1) is 8.85. The molecule has 0 aliphatic heterocycles. The Morgan fingerprint density at radius 2 is 2.16 bits per heavy atom. The van der Waals surface area contributed by atoms with Crippen molar-refractivity contribution in [2.24, 2.45) is 0 Å². The van der Waals surface area contributed by atoms with Crippen molar-refractivity contribution in [1.82, 2.24) is 9.97 Å². The van der Waals surface area contributed by atoms with Gasteiger partial charge in [0.25, 0.3) is 5.56 Å². The van der Waals surface area contributed by atoms with Gasteiger partial charge >= 0.3 is 6.09 Å². The highest BCUT2D eigenvalue weighted by atomic mass is 16.6. The molecule has 0 radical (unpaired) electrons. The van der Waals surface area contributed by atoms with Crippen molar-refractivity contribution in [2.45, 2.75) is 26.4 Å². The van der Waals surface area contributed by atoms with Crippen LogP contribution in [0.5, 0.6) is 0 Å². The maximum absolute atomic E-state index is 11.7. The number of aromatic nitrogens is 2. The fourth-order valence-corrected chi connectivity index (χ4v) is 1.60. The van der Waals surface area contributed by atoms with Gasteiger partial charge in [-0.25, -0.2) is 4.79 Å². The van der Waals surface area contributed by atoms with Crippen LogP contribution in [0.3, 0.4) is 0 Å². The van der Waals surface area contributed by atoms with Gasteiger partial charge in [0.1, 0.15) is 11.1 Å². The van der Waals surface area contributed by atoms with Crippen molar-refractivity contribution in [3.05, 3.63) is 34.7 Å². The van der Waals surface area contributed by atoms with Gasteiger partial charge in [0.05, 0.1) is 11.2 Å². The van der Waals surface area contributed by atoms with Crippen LogP contribution < -0.4 is 10.9 Å². The Labute approximate surface area is 109 Å². The SMILES string of the molecule is CC(C)(C)OC(=O)Nc1cc(=O)[nH]c2cccnc12. The summed E-state index contributed by atoms with van der Waals surface area (Å²) in [6, 6.07) is 4.69. The number of amides is 1. The number of carbonyl (C=O) groups is 1. The van der Waals surface area contributed by atoms with Gasteiger partial charge in [0, 0.05) is 12.3 Å². The van der Waals surface area contributed by atoms with E-state index in [1.165, 1.54) is 6.07 Å². The number of carbonyl (C=O) groups excluding carboxylic acids is 1. The number of H-pyrrole nitrogens is 1. The van der Waals surface area contributed by atoms with Crippen LogP contribution in [-0.4, -0.2) is 21.7 Å². The van der Waals surface area contributed by atoms with Gasteiger partial charge in [-0.05, 0) is 32.9 Å². The lowest BCUT2D eigenvalue weighted by Crippen LogP contribution is -2.27. The molecule has 2 N–H and O–H groups in total. The van der Waals surface area contributed by atoms with Crippen LogP contribution in [0.4, 0.5) is 10.5 Å². The topological polar surface area (TPSA) is 84.1 Å². The van der Waals surface area contributed by atoms with Crippen LogP contribution >= 0.6 is 0 Å². The lowest BCUT2D eigenvalue weighted by molar-refractivity contribution is 0.0636. The number of ether oxygens (including phenoxy) is 1. The first-order valence-corrected chi connectivity index (χ1v) is 5.83. The van der Waals surface area contributed by atoms with Crippen molar-refractivity contribution in [3.8, 4) is 0 Å². The molecular formula is C13H15N3O3. The second kappa shape index (κ2) is 4.72. The highest BCUT2D eigenvalue weighted by Crippen LogP contribution is 2.17. The number of nitrogens with one attached hydrogen (secondary N) is 2. The van der Waals surface area contributed by atoms with Gasteiger partial charge in [-0.15, -0.1) is 0 Å². The van der Waals surface area contributed by atoms with Crippen LogP contribution in [0, 0.1) is 0 Å². The van der Waals surface area contributed by atoms with E-state index in [9.17, 15) is 9.59 Å². The average Bonchev–Trinajstić information content (AvgIpc) is 2.25. The van der Waals surface area contributed by atoms with Crippen molar-refractivity contribution < 1.29 is 9.53 Å². The van der Waals surface area contributed by atoms with E-state index in [1.54, 1.807) is 39.1 Å². The van der Waals surface area contributed by atoms with Crippen LogP contribution in [0.25, 0.3) is 11.0 Å². The number of anilines is 1. The zero-order chi connectivity index (χ0) is 14.0. The summed E-state index contributed by atoms with van der Waals surface area (Å²) in [5, 5.41) is 2.54. The van der Waals surface area contributed by atoms with Crippen molar-refractivity contribution in [3.63, 3.8) is 0 Å². The number of nitrogens with zero attached hydrogens (tertiary/aromatic N) is 1. The zero-order valence-electron chi connectivity index (χ0n) is 11.0. The number of hydrogen-bond donors (Lipinski definition) is 2. The van der Waals surface area contributed by atoms with Crippen LogP contribution in [0.2, 0.25) is 0 Å². The number of rotatable bonds is 1. The third-order valence-electron chi connectivity index (χ3n) is 2.23. The summed E-state index contributed by atoms with van der Waals surface area (Å²) in [7, 11) is 0. The third-order valence-corrected chi connectivity index (χ3v) is 2.23. The first kappa shape index (κ1) is 13.1. The Morgan fingerprint density at radius 3 is 2.84 bits per heavy atom. The molecule has 0 fully saturated rings. The van der Waals surface area contributed by atoms with E-state index in [-0.39, 0.29) is 5.56 Å². The van der Waals surface area contributed by atoms with E-state index < -0.39 is 11.7 Å². The Kier molecular flexibility index (Phi) is 3.25. The zero-order valence-corrected chi connectivity index (χ0v) is 11.0. The highest BCUT2D eigenvalue weighted by Gasteiger charge is 2.17. The maximum Gasteiger partial charge on any atom is 0.412 e. The van der Waals surface area contributed by atoms with Crippen LogP contribution in [-0.2, 0) is 4.74 Å². The van der Waals surface area contributed by atoms with E-state index in [0.29, 0.717) is 16.7 Å². The molecule has 0 bridgehead atoms. The fourth-order valence-electron chi connectivity index (χ4n) is 1.60. The molecule has 0 spiro atoms. The standard InChI is InChI=1S/C13H15N3O3/c1-13(2,3)19-12(18)16-9-7-10(17)15-8-5-4-6-14-11(8)9/h4-7H,1-3H3,(H2,15,16,17,18). The molecule has 0 saturated carbocycles. The van der Waals surface area contributed by atoms with Crippen molar-refractivity contribution in [2.75, 3.05) is 5.32 Å². The Morgan fingerprint density at radius 1 is 1.42 bits per heavy atom. The van der Waals surface area contributed by atoms with E-state index in [0.717, 1.165) is 0 Å². The molecule has 19 heavy (non-hydrogen) atoms. The largest absolute Gasteiger partial charge is 0.444 e. The molecule has 100 valence electrons. The normalized spacial score (nSPS) is 11.3. The molecule has 6 nitrogen and oxygen atoms in total. The molecule has 2 aromatic rings. The smallest absolute Gasteiger partial charge is 0.412 e. The summed E-state index contributed by atoms with van der Waals surface area (Å²) in [4.78, 5) is 30.0. The molecule has 2 heterocycles. The molecule has 0 aliphatic carbocycles. The van der Waals surface area contributed by atoms with Gasteiger partial charge in [0.15, 0.2) is 0 Å². The quantitative estimate of drug-likeness (QED) is 0.824. The molecule has 0 atom stereocenters. The minimum Gasteiger partial charge on any atom is -0.444 e. The lowest BCUT2D eigenvalue weighted by Gasteiger charge is -2.19. The molecule has 0 unspecified atom stereocenters. The fraction of sp³-hybridized carbons (Fsp3) is 0.308. The van der Waals surface area contributed by atoms with E-state index in [2.05, 4.69) is 15.3 Å². The first-order valence-electron chi connectivity index (χ1n) is 5.83. The van der Waals surface area contributed by atoms with Crippen molar-refractivity contribution in [1.29, 1.82) is 0 Å². The van der Waals surface area contributed by atoms with E-state index in [1.807, 2.05) is 0 Å². The molecule has 6 heteroatoms. The third kappa shape index (κ3) is 3.31. The molecule has 0 aliphatic rings. The molecule has 1 amide bonds. The Hall–Kier alpha value is -2.37. The number of hydrogen-bond acceptors (Lipinski definition) is 4. The van der Waals surface area contributed by atoms with Gasteiger partial charge in [-0.3, -0.25) is 15.1 Å². The number of aromatic amines is 1. The van der Waals surface area contributed by atoms with E-state index >= 15 is 0 Å². The van der Waals surface area contributed by atoms with Gasteiger partial charge in [-0.2, -0.15) is 0 Å². The molecule has 0 aromatic carbocycles. The maximum atomic E-state index is 11.7. The average molecular weight is 261 g/mol. The van der Waals surface area contributed by atoms with Gasteiger partial charge in [-0.1, -0.05) is 0 Å². The van der Waals surface area contributed by atoms with Crippen LogP contribution in [0.1, 0.15) is 20.8 Å². The monoisotopic (exact) mass is 261 g/mol. The summed E-state index contributed by atoms with van der Waals surface area (Å²) in [5.74, 6) is 0. The summed E-state index contributed by atoms with van der Waals surface area (Å²) < 4.78 is 5.14. The minimum absolute atomic E-state index is 0.313. The minimum atomic E-state index is -0.620. The second-order valence-electron chi connectivity index (χ2n) is 5.07. The second-order valence-corrected chi connectivity index (χ2v) is 5.07. The summed E-state index contributed by atoms with van der Waals surface area (Å²) in [6.45, 7) is 5.29. The highest BCUT2D eigenvalue weighted by molar-refractivity contribution is 5.96. The predicted octanol–water partition coefficient (Wildman–Crippen LogP) is 2.27. The van der Waals surface area contributed by atoms with Gasteiger partial charge < -0.3 is 9.72 Å². The Balaban J connectivity index is 2.35. The molecular weight excluding hydrogens is 246 g/mol. The van der Waals surface area contributed by atoms with Crippen LogP contribution in [0.15, 0.2) is 29.2 Å². The summed E-state index contributed by atoms with van der Waals surface area (Å²) in [5.41, 5.74) is 0.475.